The van der Waals surface area contributed by atoms with Gasteiger partial charge in [-0.3, -0.25) is 14.3 Å². The molecule has 4 heterocycles. The van der Waals surface area contributed by atoms with Crippen molar-refractivity contribution in [3.63, 3.8) is 0 Å². The molecule has 152 valence electrons. The summed E-state index contributed by atoms with van der Waals surface area (Å²) in [5.41, 5.74) is 0.350. The Balaban J connectivity index is 1.34. The van der Waals surface area contributed by atoms with Gasteiger partial charge in [-0.25, -0.2) is 9.78 Å². The number of fused-ring (bicyclic) bond motifs is 1. The van der Waals surface area contributed by atoms with Crippen LogP contribution < -0.4 is 21.0 Å². The van der Waals surface area contributed by atoms with Crippen LogP contribution in [0.5, 0.6) is 0 Å². The van der Waals surface area contributed by atoms with E-state index in [0.717, 1.165) is 55.6 Å². The maximum atomic E-state index is 12.7. The SMILES string of the molecule is O=c1cc(N2CCN(c3nccc4occc34)CC2)[nH]c(=O)n1C1CCCCC1. The molecule has 2 aliphatic rings. The van der Waals surface area contributed by atoms with Gasteiger partial charge in [-0.1, -0.05) is 19.3 Å². The second kappa shape index (κ2) is 7.42. The van der Waals surface area contributed by atoms with Gasteiger partial charge in [0.2, 0.25) is 0 Å². The number of furan rings is 1. The molecule has 8 heteroatoms. The van der Waals surface area contributed by atoms with Crippen molar-refractivity contribution in [2.45, 2.75) is 38.1 Å². The van der Waals surface area contributed by atoms with Gasteiger partial charge in [-0.05, 0) is 25.0 Å². The maximum Gasteiger partial charge on any atom is 0.330 e. The standard InChI is InChI=1S/C21H25N5O3/c27-19-14-18(23-21(28)26(19)15-4-2-1-3-5-15)24-9-11-25(12-10-24)20-16-7-13-29-17(16)6-8-22-20/h6-8,13-15H,1-5,9-12H2,(H,23,28). The number of hydrogen-bond donors (Lipinski definition) is 1. The molecule has 0 radical (unpaired) electrons. The first-order valence-electron chi connectivity index (χ1n) is 10.4. The highest BCUT2D eigenvalue weighted by Crippen LogP contribution is 2.27. The van der Waals surface area contributed by atoms with Crippen molar-refractivity contribution in [3.05, 3.63) is 51.5 Å². The molecule has 0 spiro atoms. The lowest BCUT2D eigenvalue weighted by Crippen LogP contribution is -2.48. The van der Waals surface area contributed by atoms with Crippen LogP contribution in [-0.2, 0) is 0 Å². The number of H-pyrrole nitrogens is 1. The number of hydrogen-bond acceptors (Lipinski definition) is 6. The molecule has 8 nitrogen and oxygen atoms in total. The molecule has 1 aliphatic heterocycles. The van der Waals surface area contributed by atoms with Gasteiger partial charge in [0.25, 0.3) is 5.56 Å². The first-order valence-corrected chi connectivity index (χ1v) is 10.4. The maximum absolute atomic E-state index is 12.7. The smallest absolute Gasteiger partial charge is 0.330 e. The van der Waals surface area contributed by atoms with Gasteiger partial charge in [-0.2, -0.15) is 0 Å². The molecule has 0 unspecified atom stereocenters. The molecule has 5 rings (SSSR count). The van der Waals surface area contributed by atoms with Gasteiger partial charge in [-0.15, -0.1) is 0 Å². The van der Waals surface area contributed by atoms with Crippen molar-refractivity contribution in [2.24, 2.45) is 0 Å². The highest BCUT2D eigenvalue weighted by molar-refractivity contribution is 5.88. The van der Waals surface area contributed by atoms with Crippen molar-refractivity contribution in [1.29, 1.82) is 0 Å². The first-order chi connectivity index (χ1) is 14.2. The van der Waals surface area contributed by atoms with E-state index in [4.69, 9.17) is 4.42 Å². The third kappa shape index (κ3) is 3.32. The minimum absolute atomic E-state index is 0.0346. The minimum Gasteiger partial charge on any atom is -0.464 e. The van der Waals surface area contributed by atoms with E-state index in [1.807, 2.05) is 12.1 Å². The highest BCUT2D eigenvalue weighted by atomic mass is 16.3. The molecule has 1 N–H and O–H groups in total. The quantitative estimate of drug-likeness (QED) is 0.733. The predicted molar refractivity (Wildman–Crippen MR) is 112 cm³/mol. The van der Waals surface area contributed by atoms with E-state index in [1.165, 1.54) is 11.0 Å². The summed E-state index contributed by atoms with van der Waals surface area (Å²) in [7, 11) is 0. The topological polar surface area (TPSA) is 87.4 Å². The molecule has 0 bridgehead atoms. The second-order valence-electron chi connectivity index (χ2n) is 7.90. The number of rotatable bonds is 3. The summed E-state index contributed by atoms with van der Waals surface area (Å²) in [6.45, 7) is 2.92. The summed E-state index contributed by atoms with van der Waals surface area (Å²) < 4.78 is 6.89. The summed E-state index contributed by atoms with van der Waals surface area (Å²) in [5, 5.41) is 1.00. The van der Waals surface area contributed by atoms with Gasteiger partial charge in [0, 0.05) is 44.5 Å². The van der Waals surface area contributed by atoms with Crippen molar-refractivity contribution < 1.29 is 4.42 Å². The van der Waals surface area contributed by atoms with Crippen LogP contribution in [0.25, 0.3) is 11.0 Å². The monoisotopic (exact) mass is 395 g/mol. The van der Waals surface area contributed by atoms with Gasteiger partial charge >= 0.3 is 5.69 Å². The highest BCUT2D eigenvalue weighted by Gasteiger charge is 2.23. The molecular weight excluding hydrogens is 370 g/mol. The van der Waals surface area contributed by atoms with Crippen molar-refractivity contribution >= 4 is 22.6 Å². The van der Waals surface area contributed by atoms with Crippen LogP contribution in [0.4, 0.5) is 11.6 Å². The fourth-order valence-electron chi connectivity index (χ4n) is 4.64. The average molecular weight is 395 g/mol. The van der Waals surface area contributed by atoms with E-state index in [1.54, 1.807) is 18.5 Å². The van der Waals surface area contributed by atoms with Crippen LogP contribution >= 0.6 is 0 Å². The largest absolute Gasteiger partial charge is 0.464 e. The summed E-state index contributed by atoms with van der Waals surface area (Å²) in [5.74, 6) is 1.53. The molecule has 29 heavy (non-hydrogen) atoms. The summed E-state index contributed by atoms with van der Waals surface area (Å²) >= 11 is 0. The molecule has 0 amide bonds. The average Bonchev–Trinajstić information content (AvgIpc) is 3.23. The first kappa shape index (κ1) is 18.0. The van der Waals surface area contributed by atoms with E-state index in [-0.39, 0.29) is 17.3 Å². The van der Waals surface area contributed by atoms with Gasteiger partial charge in [0.15, 0.2) is 0 Å². The van der Waals surface area contributed by atoms with E-state index in [2.05, 4.69) is 19.8 Å². The molecule has 0 atom stereocenters. The number of anilines is 2. The zero-order valence-electron chi connectivity index (χ0n) is 16.3. The minimum atomic E-state index is -0.285. The molecular formula is C21H25N5O3. The predicted octanol–water partition coefficient (Wildman–Crippen LogP) is 2.51. The number of pyridine rings is 1. The Morgan fingerprint density at radius 1 is 1.00 bits per heavy atom. The van der Waals surface area contributed by atoms with Crippen molar-refractivity contribution in [1.82, 2.24) is 14.5 Å². The third-order valence-electron chi connectivity index (χ3n) is 6.17. The molecule has 1 aliphatic carbocycles. The molecule has 3 aromatic heterocycles. The Kier molecular flexibility index (Phi) is 4.61. The zero-order chi connectivity index (χ0) is 19.8. The number of aromatic amines is 1. The van der Waals surface area contributed by atoms with Gasteiger partial charge in [0.05, 0.1) is 11.6 Å². The molecule has 0 aromatic carbocycles. The van der Waals surface area contributed by atoms with Gasteiger partial charge in [0.1, 0.15) is 17.2 Å². The summed E-state index contributed by atoms with van der Waals surface area (Å²) in [6, 6.07) is 5.42. The molecule has 1 saturated heterocycles. The van der Waals surface area contributed by atoms with Crippen molar-refractivity contribution in [3.8, 4) is 0 Å². The summed E-state index contributed by atoms with van der Waals surface area (Å²) in [4.78, 5) is 37.1. The molecule has 2 fully saturated rings. The summed E-state index contributed by atoms with van der Waals surface area (Å²) in [6.07, 6.45) is 8.61. The van der Waals surface area contributed by atoms with E-state index < -0.39 is 0 Å². The Labute approximate surface area is 167 Å². The van der Waals surface area contributed by atoms with Gasteiger partial charge < -0.3 is 14.2 Å². The van der Waals surface area contributed by atoms with Crippen LogP contribution in [0.1, 0.15) is 38.1 Å². The Morgan fingerprint density at radius 3 is 2.52 bits per heavy atom. The van der Waals surface area contributed by atoms with Crippen LogP contribution in [0.2, 0.25) is 0 Å². The van der Waals surface area contributed by atoms with Crippen LogP contribution in [0.15, 0.2) is 44.7 Å². The fourth-order valence-corrected chi connectivity index (χ4v) is 4.64. The molecule has 3 aromatic rings. The van der Waals surface area contributed by atoms with Crippen molar-refractivity contribution in [2.75, 3.05) is 36.0 Å². The number of piperazine rings is 1. The second-order valence-corrected chi connectivity index (χ2v) is 7.90. The van der Waals surface area contributed by atoms with Crippen LogP contribution in [0.3, 0.4) is 0 Å². The van der Waals surface area contributed by atoms with E-state index in [9.17, 15) is 9.59 Å². The Hall–Kier alpha value is -3.03. The fraction of sp³-hybridized carbons (Fsp3) is 0.476. The Morgan fingerprint density at radius 2 is 1.76 bits per heavy atom. The number of nitrogens with zero attached hydrogens (tertiary/aromatic N) is 4. The third-order valence-corrected chi connectivity index (χ3v) is 6.17. The van der Waals surface area contributed by atoms with E-state index >= 15 is 0 Å². The Bertz CT molecular complexity index is 1090. The lowest BCUT2D eigenvalue weighted by atomic mass is 9.95. The lowest BCUT2D eigenvalue weighted by molar-refractivity contribution is 0.336. The zero-order valence-corrected chi connectivity index (χ0v) is 16.3. The van der Waals surface area contributed by atoms with Crippen LogP contribution in [-0.4, -0.2) is 40.7 Å². The number of nitrogens with one attached hydrogen (secondary N) is 1. The molecule has 1 saturated carbocycles. The lowest BCUT2D eigenvalue weighted by Gasteiger charge is -2.36. The normalized spacial score (nSPS) is 18.5. The van der Waals surface area contributed by atoms with Crippen LogP contribution in [0, 0.1) is 0 Å². The van der Waals surface area contributed by atoms with E-state index in [0.29, 0.717) is 18.9 Å². The number of aromatic nitrogens is 3.